The Morgan fingerprint density at radius 3 is 2.74 bits per heavy atom. The van der Waals surface area contributed by atoms with Gasteiger partial charge in [-0.1, -0.05) is 12.1 Å². The number of carbonyl (C=O) groups excluding carboxylic acids is 1. The maximum atomic E-state index is 13.2. The molecule has 3 aliphatic carbocycles. The standard InChI is InChI=1S/C26H32N4O/c1-16(17-3-2-12-27-15-17)29-26(31)23-7-6-18-19-8-10-24-22(20(19)4-5-21(18)23)9-11-25-28-13-14-30(24)25/h2-3,9,11-16,18-24H,4-8,10H2,1H3,(H,29,31)/t16?,18-,19-,20-,21-,22+,23+,24?/m0/s1. The predicted molar refractivity (Wildman–Crippen MR) is 120 cm³/mol. The molecular formula is C26H32N4O. The molecule has 8 atom stereocenters. The molecule has 3 saturated carbocycles. The summed E-state index contributed by atoms with van der Waals surface area (Å²) in [4.78, 5) is 21.9. The van der Waals surface area contributed by atoms with Crippen molar-refractivity contribution in [3.63, 3.8) is 0 Å². The van der Waals surface area contributed by atoms with Crippen LogP contribution in [-0.2, 0) is 4.79 Å². The van der Waals surface area contributed by atoms with E-state index in [2.05, 4.69) is 45.1 Å². The Morgan fingerprint density at radius 2 is 1.87 bits per heavy atom. The third-order valence-corrected chi connectivity index (χ3v) is 8.95. The van der Waals surface area contributed by atoms with Gasteiger partial charge in [0.1, 0.15) is 5.82 Å². The molecule has 3 heterocycles. The number of hydrogen-bond acceptors (Lipinski definition) is 3. The van der Waals surface area contributed by atoms with Crippen molar-refractivity contribution in [2.45, 2.75) is 57.5 Å². The zero-order chi connectivity index (χ0) is 20.9. The monoisotopic (exact) mass is 416 g/mol. The average Bonchev–Trinajstić information content (AvgIpc) is 3.46. The number of nitrogens with one attached hydrogen (secondary N) is 1. The van der Waals surface area contributed by atoms with Crippen molar-refractivity contribution < 1.29 is 4.79 Å². The normalized spacial score (nSPS) is 36.6. The van der Waals surface area contributed by atoms with Gasteiger partial charge < -0.3 is 9.88 Å². The number of pyridine rings is 1. The van der Waals surface area contributed by atoms with Gasteiger partial charge >= 0.3 is 0 Å². The van der Waals surface area contributed by atoms with Gasteiger partial charge in [-0.25, -0.2) is 4.98 Å². The summed E-state index contributed by atoms with van der Waals surface area (Å²) in [6.07, 6.45) is 19.7. The SMILES string of the molecule is CC(NC(=O)[C@@H]1CC[C@H]2[C@@H]3CCC4[C@H](C=Cc5nccn54)[C@H]3CC[C@@H]21)c1cccnc1. The summed E-state index contributed by atoms with van der Waals surface area (Å²) in [7, 11) is 0. The van der Waals surface area contributed by atoms with Crippen LogP contribution >= 0.6 is 0 Å². The first-order chi connectivity index (χ1) is 15.2. The number of hydrogen-bond donors (Lipinski definition) is 1. The summed E-state index contributed by atoms with van der Waals surface area (Å²) >= 11 is 0. The number of carbonyl (C=O) groups is 1. The van der Waals surface area contributed by atoms with E-state index in [1.54, 1.807) is 6.20 Å². The number of imidazole rings is 1. The lowest BCUT2D eigenvalue weighted by Crippen LogP contribution is -2.45. The van der Waals surface area contributed by atoms with Gasteiger partial charge in [0.2, 0.25) is 5.91 Å². The zero-order valence-electron chi connectivity index (χ0n) is 18.2. The number of nitrogens with zero attached hydrogens (tertiary/aromatic N) is 3. The Labute approximate surface area is 184 Å². The van der Waals surface area contributed by atoms with Crippen LogP contribution in [0, 0.1) is 35.5 Å². The molecule has 0 bridgehead atoms. The van der Waals surface area contributed by atoms with Gasteiger partial charge in [0, 0.05) is 42.7 Å². The first-order valence-corrected chi connectivity index (χ1v) is 12.1. The molecule has 162 valence electrons. The number of fused-ring (bicyclic) bond motifs is 7. The molecule has 31 heavy (non-hydrogen) atoms. The average molecular weight is 417 g/mol. The Kier molecular flexibility index (Phi) is 4.73. The van der Waals surface area contributed by atoms with Gasteiger partial charge in [-0.05, 0) is 86.8 Å². The summed E-state index contributed by atoms with van der Waals surface area (Å²) in [6, 6.07) is 4.58. The third-order valence-electron chi connectivity index (χ3n) is 8.95. The van der Waals surface area contributed by atoms with Gasteiger partial charge in [-0.15, -0.1) is 0 Å². The summed E-state index contributed by atoms with van der Waals surface area (Å²) in [5, 5.41) is 3.30. The molecule has 2 unspecified atom stereocenters. The van der Waals surface area contributed by atoms with E-state index in [4.69, 9.17) is 0 Å². The lowest BCUT2D eigenvalue weighted by atomic mass is 9.56. The summed E-state index contributed by atoms with van der Waals surface area (Å²) < 4.78 is 2.41. The number of aromatic nitrogens is 3. The highest BCUT2D eigenvalue weighted by Crippen LogP contribution is 2.58. The lowest BCUT2D eigenvalue weighted by Gasteiger charge is -2.51. The van der Waals surface area contributed by atoms with Crippen LogP contribution in [0.4, 0.5) is 0 Å². The second kappa shape index (κ2) is 7.61. The molecule has 5 nitrogen and oxygen atoms in total. The zero-order valence-corrected chi connectivity index (χ0v) is 18.2. The maximum Gasteiger partial charge on any atom is 0.223 e. The largest absolute Gasteiger partial charge is 0.349 e. The van der Waals surface area contributed by atoms with Crippen molar-refractivity contribution in [2.75, 3.05) is 0 Å². The van der Waals surface area contributed by atoms with Crippen LogP contribution in [0.1, 0.15) is 68.9 Å². The van der Waals surface area contributed by atoms with E-state index in [0.717, 1.165) is 35.6 Å². The van der Waals surface area contributed by atoms with Crippen LogP contribution in [0.15, 0.2) is 43.0 Å². The van der Waals surface area contributed by atoms with Crippen LogP contribution < -0.4 is 5.32 Å². The summed E-state index contributed by atoms with van der Waals surface area (Å²) in [5.74, 6) is 5.04. The van der Waals surface area contributed by atoms with Crippen molar-refractivity contribution in [2.24, 2.45) is 35.5 Å². The highest BCUT2D eigenvalue weighted by Gasteiger charge is 2.52. The minimum atomic E-state index is 0.0174. The Morgan fingerprint density at radius 1 is 1.06 bits per heavy atom. The van der Waals surface area contributed by atoms with Gasteiger partial charge in [0.05, 0.1) is 6.04 Å². The van der Waals surface area contributed by atoms with Crippen molar-refractivity contribution >= 4 is 12.0 Å². The molecule has 0 spiro atoms. The van der Waals surface area contributed by atoms with Gasteiger partial charge in [0.15, 0.2) is 0 Å². The first-order valence-electron chi connectivity index (χ1n) is 12.1. The molecule has 0 radical (unpaired) electrons. The van der Waals surface area contributed by atoms with Crippen LogP contribution in [0.2, 0.25) is 0 Å². The van der Waals surface area contributed by atoms with E-state index in [9.17, 15) is 4.79 Å². The fourth-order valence-electron chi connectivity index (χ4n) is 7.60. The summed E-state index contributed by atoms with van der Waals surface area (Å²) in [5.41, 5.74) is 1.08. The van der Waals surface area contributed by atoms with Gasteiger partial charge in [0.25, 0.3) is 0 Å². The van der Waals surface area contributed by atoms with Crippen molar-refractivity contribution in [1.82, 2.24) is 19.9 Å². The van der Waals surface area contributed by atoms with Crippen LogP contribution in [0.5, 0.6) is 0 Å². The Bertz CT molecular complexity index is 982. The minimum absolute atomic E-state index is 0.0174. The molecule has 3 fully saturated rings. The topological polar surface area (TPSA) is 59.8 Å². The molecule has 6 rings (SSSR count). The number of allylic oxidation sites excluding steroid dienone is 1. The summed E-state index contributed by atoms with van der Waals surface area (Å²) in [6.45, 7) is 2.07. The van der Waals surface area contributed by atoms with Crippen molar-refractivity contribution in [3.05, 3.63) is 54.4 Å². The van der Waals surface area contributed by atoms with Crippen molar-refractivity contribution in [1.29, 1.82) is 0 Å². The van der Waals surface area contributed by atoms with Crippen LogP contribution in [-0.4, -0.2) is 20.4 Å². The molecule has 1 N–H and O–H groups in total. The number of amides is 1. The molecule has 2 aromatic rings. The molecular weight excluding hydrogens is 384 g/mol. The maximum absolute atomic E-state index is 13.2. The van der Waals surface area contributed by atoms with Crippen LogP contribution in [0.3, 0.4) is 0 Å². The Hall–Kier alpha value is -2.43. The first kappa shape index (κ1) is 19.3. The smallest absolute Gasteiger partial charge is 0.223 e. The van der Waals surface area contributed by atoms with E-state index >= 15 is 0 Å². The number of rotatable bonds is 3. The Balaban J connectivity index is 1.15. The molecule has 0 aromatic carbocycles. The fraction of sp³-hybridized carbons (Fsp3) is 0.577. The highest BCUT2D eigenvalue weighted by molar-refractivity contribution is 5.79. The van der Waals surface area contributed by atoms with Gasteiger partial charge in [-0.2, -0.15) is 0 Å². The lowest BCUT2D eigenvalue weighted by molar-refractivity contribution is -0.128. The minimum Gasteiger partial charge on any atom is -0.349 e. The highest BCUT2D eigenvalue weighted by atomic mass is 16.2. The molecule has 1 aliphatic heterocycles. The fourth-order valence-corrected chi connectivity index (χ4v) is 7.60. The van der Waals surface area contributed by atoms with Crippen LogP contribution in [0.25, 0.3) is 6.08 Å². The van der Waals surface area contributed by atoms with E-state index in [1.165, 1.54) is 32.1 Å². The van der Waals surface area contributed by atoms with E-state index in [1.807, 2.05) is 24.5 Å². The van der Waals surface area contributed by atoms with Crippen molar-refractivity contribution in [3.8, 4) is 0 Å². The van der Waals surface area contributed by atoms with E-state index < -0.39 is 0 Å². The second-order valence-electron chi connectivity index (χ2n) is 10.2. The van der Waals surface area contributed by atoms with E-state index in [0.29, 0.717) is 17.9 Å². The predicted octanol–water partition coefficient (Wildman–Crippen LogP) is 4.80. The molecule has 4 aliphatic rings. The molecule has 1 amide bonds. The molecule has 2 aromatic heterocycles. The third kappa shape index (κ3) is 3.16. The molecule has 0 saturated heterocycles. The molecule has 5 heteroatoms. The quantitative estimate of drug-likeness (QED) is 0.782. The van der Waals surface area contributed by atoms with Gasteiger partial charge in [-0.3, -0.25) is 9.78 Å². The van der Waals surface area contributed by atoms with E-state index in [-0.39, 0.29) is 17.9 Å². The second-order valence-corrected chi connectivity index (χ2v) is 10.2.